The standard InChI is InChI=1S/C23H19FNO4P/c1-30(2,29)22-20(14-6-8-15(9-7-14)23(27)28)21-18(4-3-5-19(21)26)25(22)17-12-10-16(24)11-13-17/h3-13,26H,1-2H3,(H,27,28). The van der Waals surface area contributed by atoms with Gasteiger partial charge in [-0.15, -0.1) is 0 Å². The number of fused-ring (bicyclic) bond motifs is 1. The third-order valence-corrected chi connectivity index (χ3v) is 6.41. The molecular formula is C23H19FNO4P. The molecular weight excluding hydrogens is 404 g/mol. The van der Waals surface area contributed by atoms with Crippen LogP contribution < -0.4 is 5.44 Å². The van der Waals surface area contributed by atoms with Gasteiger partial charge in [-0.2, -0.15) is 0 Å². The van der Waals surface area contributed by atoms with Crippen LogP contribution in [0.15, 0.2) is 66.7 Å². The van der Waals surface area contributed by atoms with Gasteiger partial charge in [0.05, 0.1) is 21.9 Å². The highest BCUT2D eigenvalue weighted by molar-refractivity contribution is 7.70. The van der Waals surface area contributed by atoms with E-state index in [9.17, 15) is 24.0 Å². The summed E-state index contributed by atoms with van der Waals surface area (Å²) in [6.07, 6.45) is 0. The van der Waals surface area contributed by atoms with Crippen LogP contribution in [-0.2, 0) is 4.57 Å². The molecule has 7 heteroatoms. The number of nitrogens with zero attached hydrogens (tertiary/aromatic N) is 1. The van der Waals surface area contributed by atoms with Gasteiger partial charge in [-0.1, -0.05) is 18.2 Å². The lowest BCUT2D eigenvalue weighted by atomic mass is 10.0. The predicted octanol–water partition coefficient (Wildman–Crippen LogP) is 5.09. The molecule has 0 fully saturated rings. The molecule has 5 nitrogen and oxygen atoms in total. The normalized spacial score (nSPS) is 11.7. The van der Waals surface area contributed by atoms with Gasteiger partial charge in [0.25, 0.3) is 0 Å². The SMILES string of the molecule is CP(C)(=O)c1c(-c2ccc(C(=O)O)cc2)c2c(O)cccc2n1-c1ccc(F)cc1. The number of aromatic nitrogens is 1. The zero-order valence-corrected chi connectivity index (χ0v) is 17.2. The van der Waals surface area contributed by atoms with Crippen molar-refractivity contribution in [2.75, 3.05) is 13.3 Å². The molecule has 0 aliphatic rings. The first-order valence-corrected chi connectivity index (χ1v) is 11.8. The number of rotatable bonds is 4. The Balaban J connectivity index is 2.15. The van der Waals surface area contributed by atoms with Crippen LogP contribution in [0.4, 0.5) is 4.39 Å². The molecule has 0 spiro atoms. The number of aromatic carboxylic acids is 1. The van der Waals surface area contributed by atoms with E-state index in [1.165, 1.54) is 24.3 Å². The highest BCUT2D eigenvalue weighted by Crippen LogP contribution is 2.46. The fourth-order valence-electron chi connectivity index (χ4n) is 3.72. The summed E-state index contributed by atoms with van der Waals surface area (Å²) in [4.78, 5) is 11.2. The van der Waals surface area contributed by atoms with Crippen LogP contribution >= 0.6 is 7.14 Å². The number of phenols is 1. The quantitative estimate of drug-likeness (QED) is 0.448. The first-order chi connectivity index (χ1) is 14.2. The highest BCUT2D eigenvalue weighted by Gasteiger charge is 2.29. The number of carboxylic acid groups (broad SMARTS) is 1. The molecule has 152 valence electrons. The fourth-order valence-corrected chi connectivity index (χ4v) is 5.21. The Morgan fingerprint density at radius 3 is 2.17 bits per heavy atom. The second-order valence-electron chi connectivity index (χ2n) is 7.42. The van der Waals surface area contributed by atoms with Gasteiger partial charge in [0.1, 0.15) is 18.7 Å². The van der Waals surface area contributed by atoms with Gasteiger partial charge in [0, 0.05) is 11.3 Å². The topological polar surface area (TPSA) is 79.5 Å². The molecule has 0 bridgehead atoms. The third-order valence-electron chi connectivity index (χ3n) is 4.96. The number of benzene rings is 3. The maximum atomic E-state index is 13.5. The molecule has 30 heavy (non-hydrogen) atoms. The van der Waals surface area contributed by atoms with Crippen molar-refractivity contribution in [2.24, 2.45) is 0 Å². The fraction of sp³-hybridized carbons (Fsp3) is 0.0870. The molecule has 0 aliphatic carbocycles. The second-order valence-corrected chi connectivity index (χ2v) is 10.5. The third kappa shape index (κ3) is 3.29. The molecule has 0 saturated heterocycles. The van der Waals surface area contributed by atoms with Crippen LogP contribution in [-0.4, -0.2) is 34.1 Å². The van der Waals surface area contributed by atoms with Gasteiger partial charge in [0.15, 0.2) is 0 Å². The van der Waals surface area contributed by atoms with Crippen LogP contribution in [0.1, 0.15) is 10.4 Å². The van der Waals surface area contributed by atoms with Crippen LogP contribution in [0.2, 0.25) is 0 Å². The minimum absolute atomic E-state index is 0.0142. The van der Waals surface area contributed by atoms with Crippen molar-refractivity contribution >= 4 is 29.4 Å². The molecule has 0 radical (unpaired) electrons. The van der Waals surface area contributed by atoms with Crippen LogP contribution in [0.25, 0.3) is 27.7 Å². The lowest BCUT2D eigenvalue weighted by molar-refractivity contribution is 0.0697. The smallest absolute Gasteiger partial charge is 0.335 e. The Morgan fingerprint density at radius 2 is 1.60 bits per heavy atom. The van der Waals surface area contributed by atoms with Gasteiger partial charge in [0.2, 0.25) is 0 Å². The number of hydrogen-bond acceptors (Lipinski definition) is 3. The minimum Gasteiger partial charge on any atom is -0.507 e. The summed E-state index contributed by atoms with van der Waals surface area (Å²) < 4.78 is 28.8. The zero-order valence-electron chi connectivity index (χ0n) is 16.3. The van der Waals surface area contributed by atoms with E-state index < -0.39 is 13.1 Å². The first-order valence-electron chi connectivity index (χ1n) is 9.20. The van der Waals surface area contributed by atoms with E-state index in [0.29, 0.717) is 33.2 Å². The van der Waals surface area contributed by atoms with Gasteiger partial charge >= 0.3 is 5.97 Å². The average molecular weight is 423 g/mol. The Hall–Kier alpha value is -3.37. The molecule has 4 rings (SSSR count). The number of hydrogen-bond donors (Lipinski definition) is 2. The van der Waals surface area contributed by atoms with E-state index in [1.54, 1.807) is 60.4 Å². The van der Waals surface area contributed by atoms with Crippen molar-refractivity contribution < 1.29 is 24.0 Å². The molecule has 0 amide bonds. The molecule has 1 heterocycles. The monoisotopic (exact) mass is 423 g/mol. The zero-order chi connectivity index (χ0) is 21.6. The van der Waals surface area contributed by atoms with Crippen molar-refractivity contribution in [1.82, 2.24) is 4.57 Å². The Bertz CT molecular complexity index is 1320. The molecule has 1 aromatic heterocycles. The van der Waals surface area contributed by atoms with Gasteiger partial charge < -0.3 is 19.3 Å². The van der Waals surface area contributed by atoms with E-state index in [4.69, 9.17) is 0 Å². The van der Waals surface area contributed by atoms with E-state index in [0.717, 1.165) is 0 Å². The van der Waals surface area contributed by atoms with Crippen LogP contribution in [0.5, 0.6) is 5.75 Å². The second kappa shape index (κ2) is 7.15. The maximum Gasteiger partial charge on any atom is 0.335 e. The van der Waals surface area contributed by atoms with Crippen molar-refractivity contribution in [3.8, 4) is 22.6 Å². The number of carboxylic acids is 1. The summed E-state index contributed by atoms with van der Waals surface area (Å²) >= 11 is 0. The van der Waals surface area contributed by atoms with Gasteiger partial charge in [-0.05, 0) is 67.4 Å². The summed E-state index contributed by atoms with van der Waals surface area (Å²) in [5.74, 6) is -1.42. The molecule has 0 aliphatic heterocycles. The minimum atomic E-state index is -2.92. The van der Waals surface area contributed by atoms with Crippen molar-refractivity contribution in [2.45, 2.75) is 0 Å². The number of phenolic OH excluding ortho intramolecular Hbond substituents is 1. The predicted molar refractivity (Wildman–Crippen MR) is 116 cm³/mol. The Labute approximate surface area is 172 Å². The van der Waals surface area contributed by atoms with E-state index in [1.807, 2.05) is 0 Å². The average Bonchev–Trinajstić information content (AvgIpc) is 3.06. The van der Waals surface area contributed by atoms with Crippen molar-refractivity contribution in [1.29, 1.82) is 0 Å². The summed E-state index contributed by atoms with van der Waals surface area (Å²) in [6.45, 7) is 3.26. The Kier molecular flexibility index (Phi) is 4.75. The Morgan fingerprint density at radius 1 is 0.967 bits per heavy atom. The molecule has 3 aromatic carbocycles. The summed E-state index contributed by atoms with van der Waals surface area (Å²) in [5.41, 5.74) is 3.05. The molecule has 0 saturated carbocycles. The van der Waals surface area contributed by atoms with Gasteiger partial charge in [-0.25, -0.2) is 9.18 Å². The number of halogens is 1. The number of carbonyl (C=O) groups is 1. The van der Waals surface area contributed by atoms with Crippen molar-refractivity contribution in [3.63, 3.8) is 0 Å². The molecule has 0 atom stereocenters. The van der Waals surface area contributed by atoms with Gasteiger partial charge in [-0.3, -0.25) is 0 Å². The largest absolute Gasteiger partial charge is 0.507 e. The molecule has 0 unspecified atom stereocenters. The van der Waals surface area contributed by atoms with Crippen molar-refractivity contribution in [3.05, 3.63) is 78.1 Å². The van der Waals surface area contributed by atoms with E-state index in [-0.39, 0.29) is 17.1 Å². The molecule has 2 N–H and O–H groups in total. The number of aromatic hydroxyl groups is 1. The van der Waals surface area contributed by atoms with Crippen LogP contribution in [0.3, 0.4) is 0 Å². The lowest BCUT2D eigenvalue weighted by Crippen LogP contribution is -2.17. The highest BCUT2D eigenvalue weighted by atomic mass is 31.2. The summed E-state index contributed by atoms with van der Waals surface area (Å²) in [5, 5.41) is 20.4. The first kappa shape index (κ1) is 19.9. The summed E-state index contributed by atoms with van der Waals surface area (Å²) in [6, 6.07) is 17.1. The van der Waals surface area contributed by atoms with Crippen LogP contribution in [0, 0.1) is 5.82 Å². The lowest BCUT2D eigenvalue weighted by Gasteiger charge is -2.16. The maximum absolute atomic E-state index is 13.5. The van der Waals surface area contributed by atoms with E-state index >= 15 is 0 Å². The van der Waals surface area contributed by atoms with E-state index in [2.05, 4.69) is 0 Å². The summed E-state index contributed by atoms with van der Waals surface area (Å²) in [7, 11) is -2.92. The molecule has 4 aromatic rings.